The van der Waals surface area contributed by atoms with E-state index in [4.69, 9.17) is 10.5 Å². The summed E-state index contributed by atoms with van der Waals surface area (Å²) in [6.45, 7) is 8.02. The Hall–Kier alpha value is -1.85. The van der Waals surface area contributed by atoms with Crippen LogP contribution < -0.4 is 25.2 Å². The third-order valence-corrected chi connectivity index (χ3v) is 5.60. The monoisotopic (exact) mass is 388 g/mol. The molecule has 27 heavy (non-hydrogen) atoms. The maximum absolute atomic E-state index is 11.9. The Morgan fingerprint density at radius 3 is 2.63 bits per heavy atom. The van der Waals surface area contributed by atoms with Gasteiger partial charge in [0.2, 0.25) is 0 Å². The third kappa shape index (κ3) is 7.00. The van der Waals surface area contributed by atoms with Crippen molar-refractivity contribution >= 4 is 24.0 Å². The molecule has 0 fully saturated rings. The fourth-order valence-corrected chi connectivity index (χ4v) is 3.91. The van der Waals surface area contributed by atoms with E-state index in [9.17, 15) is 4.79 Å². The van der Waals surface area contributed by atoms with Crippen molar-refractivity contribution < 1.29 is 4.74 Å². The molecule has 2 rings (SSSR count). The molecule has 148 valence electrons. The summed E-state index contributed by atoms with van der Waals surface area (Å²) in [5, 5.41) is 0.776. The van der Waals surface area contributed by atoms with Gasteiger partial charge in [0.25, 0.3) is 0 Å². The SMILES string of the molecule is C=c1c(=CCCc2ccc(OCCCCCCC)cc2)sc(=O)n1CCN. The van der Waals surface area contributed by atoms with Gasteiger partial charge in [0.15, 0.2) is 0 Å². The lowest BCUT2D eigenvalue weighted by molar-refractivity contribution is 0.304. The van der Waals surface area contributed by atoms with Crippen molar-refractivity contribution in [3.63, 3.8) is 0 Å². The molecule has 0 aliphatic carbocycles. The number of hydrogen-bond donors (Lipinski definition) is 1. The Bertz CT molecular complexity index is 837. The lowest BCUT2D eigenvalue weighted by atomic mass is 10.1. The van der Waals surface area contributed by atoms with Gasteiger partial charge in [-0.3, -0.25) is 9.36 Å². The van der Waals surface area contributed by atoms with Crippen molar-refractivity contribution in [1.82, 2.24) is 4.57 Å². The Kier molecular flexibility index (Phi) is 9.36. The number of aromatic nitrogens is 1. The molecule has 0 atom stereocenters. The van der Waals surface area contributed by atoms with Crippen LogP contribution >= 0.6 is 11.3 Å². The highest BCUT2D eigenvalue weighted by atomic mass is 32.1. The largest absolute Gasteiger partial charge is 0.494 e. The van der Waals surface area contributed by atoms with Gasteiger partial charge in [0, 0.05) is 13.1 Å². The van der Waals surface area contributed by atoms with Crippen molar-refractivity contribution in [2.45, 2.75) is 58.4 Å². The molecule has 0 saturated heterocycles. The van der Waals surface area contributed by atoms with Crippen molar-refractivity contribution in [2.75, 3.05) is 13.2 Å². The molecule has 0 spiro atoms. The Morgan fingerprint density at radius 2 is 1.93 bits per heavy atom. The molecule has 0 saturated carbocycles. The minimum atomic E-state index is 0.0212. The van der Waals surface area contributed by atoms with E-state index in [-0.39, 0.29) is 4.87 Å². The first-order valence-electron chi connectivity index (χ1n) is 9.96. The lowest BCUT2D eigenvalue weighted by Gasteiger charge is -2.07. The maximum atomic E-state index is 11.9. The zero-order chi connectivity index (χ0) is 19.5. The first kappa shape index (κ1) is 21.5. The standard InChI is InChI=1S/C22H32N2O2S/c1-3-4-5-6-7-17-26-20-13-11-19(12-14-20)9-8-10-21-18(2)24(16-15-23)22(25)27-21/h10-14H,2-9,15-17,23H2,1H3. The van der Waals surface area contributed by atoms with E-state index in [1.165, 1.54) is 42.6 Å². The van der Waals surface area contributed by atoms with Crippen molar-refractivity contribution in [3.8, 4) is 5.75 Å². The summed E-state index contributed by atoms with van der Waals surface area (Å²) in [5.41, 5.74) is 6.81. The zero-order valence-corrected chi connectivity index (χ0v) is 17.2. The van der Waals surface area contributed by atoms with Gasteiger partial charge in [-0.2, -0.15) is 0 Å². The molecule has 2 N–H and O–H groups in total. The second-order valence-corrected chi connectivity index (χ2v) is 7.76. The summed E-state index contributed by atoms with van der Waals surface area (Å²) in [7, 11) is 0. The molecule has 0 amide bonds. The average molecular weight is 389 g/mol. The number of ether oxygens (including phenoxy) is 1. The van der Waals surface area contributed by atoms with Crippen LogP contribution in [-0.4, -0.2) is 17.7 Å². The highest BCUT2D eigenvalue weighted by Gasteiger charge is 2.01. The number of thiazole rings is 1. The van der Waals surface area contributed by atoms with E-state index in [1.807, 2.05) is 12.1 Å². The Labute approximate surface area is 166 Å². The van der Waals surface area contributed by atoms with E-state index in [2.05, 4.69) is 31.7 Å². The van der Waals surface area contributed by atoms with E-state index in [0.717, 1.165) is 41.5 Å². The van der Waals surface area contributed by atoms with Crippen LogP contribution in [0, 0.1) is 0 Å². The second-order valence-electron chi connectivity index (χ2n) is 6.77. The van der Waals surface area contributed by atoms with Crippen LogP contribution in [0.4, 0.5) is 0 Å². The molecular formula is C22H32N2O2S. The van der Waals surface area contributed by atoms with Crippen LogP contribution in [-0.2, 0) is 13.0 Å². The zero-order valence-electron chi connectivity index (χ0n) is 16.4. The number of aryl methyl sites for hydroxylation is 1. The van der Waals surface area contributed by atoms with Gasteiger partial charge in [-0.15, -0.1) is 0 Å². The number of nitrogens with two attached hydrogens (primary N) is 1. The molecule has 0 aliphatic heterocycles. The Balaban J connectivity index is 1.81. The molecule has 1 aromatic heterocycles. The van der Waals surface area contributed by atoms with Crippen molar-refractivity contribution in [2.24, 2.45) is 5.73 Å². The van der Waals surface area contributed by atoms with Gasteiger partial charge >= 0.3 is 4.87 Å². The fraction of sp³-hybridized carbons (Fsp3) is 0.500. The average Bonchev–Trinajstić information content (AvgIpc) is 2.94. The summed E-state index contributed by atoms with van der Waals surface area (Å²) < 4.78 is 8.42. The van der Waals surface area contributed by atoms with Crippen LogP contribution in [0.1, 0.15) is 51.0 Å². The summed E-state index contributed by atoms with van der Waals surface area (Å²) in [6.07, 6.45) is 10.2. The second kappa shape index (κ2) is 11.8. The first-order valence-corrected chi connectivity index (χ1v) is 10.8. The summed E-state index contributed by atoms with van der Waals surface area (Å²) >= 11 is 1.25. The predicted octanol–water partition coefficient (Wildman–Crippen LogP) is 3.04. The van der Waals surface area contributed by atoms with E-state index < -0.39 is 0 Å². The fourth-order valence-electron chi connectivity index (χ4n) is 2.98. The smallest absolute Gasteiger partial charge is 0.308 e. The Morgan fingerprint density at radius 1 is 1.19 bits per heavy atom. The van der Waals surface area contributed by atoms with Gasteiger partial charge in [0.05, 0.1) is 16.5 Å². The summed E-state index contributed by atoms with van der Waals surface area (Å²) in [6, 6.07) is 8.33. The number of hydrogen-bond acceptors (Lipinski definition) is 4. The molecule has 0 aliphatic rings. The summed E-state index contributed by atoms with van der Waals surface area (Å²) in [5.74, 6) is 0.940. The number of unbranched alkanes of at least 4 members (excludes halogenated alkanes) is 4. The normalized spacial score (nSPS) is 11.9. The van der Waals surface area contributed by atoms with E-state index in [1.54, 1.807) is 4.57 Å². The highest BCUT2D eigenvalue weighted by Crippen LogP contribution is 2.14. The van der Waals surface area contributed by atoms with Gasteiger partial charge in [-0.05, 0) is 37.0 Å². The van der Waals surface area contributed by atoms with Crippen molar-refractivity contribution in [1.29, 1.82) is 0 Å². The highest BCUT2D eigenvalue weighted by molar-refractivity contribution is 7.07. The lowest BCUT2D eigenvalue weighted by Crippen LogP contribution is -2.33. The van der Waals surface area contributed by atoms with E-state index >= 15 is 0 Å². The van der Waals surface area contributed by atoms with Gasteiger partial charge in [-0.1, -0.05) is 68.7 Å². The molecule has 5 heteroatoms. The molecule has 2 aromatic rings. The summed E-state index contributed by atoms with van der Waals surface area (Å²) in [4.78, 5) is 12.0. The number of rotatable bonds is 12. The first-order chi connectivity index (χ1) is 13.2. The van der Waals surface area contributed by atoms with Gasteiger partial charge < -0.3 is 10.5 Å². The molecule has 4 nitrogen and oxygen atoms in total. The third-order valence-electron chi connectivity index (χ3n) is 4.58. The molecular weight excluding hydrogens is 356 g/mol. The maximum Gasteiger partial charge on any atom is 0.308 e. The van der Waals surface area contributed by atoms with Crippen LogP contribution in [0.25, 0.3) is 12.7 Å². The minimum Gasteiger partial charge on any atom is -0.494 e. The van der Waals surface area contributed by atoms with Crippen LogP contribution in [0.5, 0.6) is 5.75 Å². The molecule has 0 bridgehead atoms. The van der Waals surface area contributed by atoms with Gasteiger partial charge in [0.1, 0.15) is 5.75 Å². The molecule has 1 heterocycles. The minimum absolute atomic E-state index is 0.0212. The topological polar surface area (TPSA) is 57.2 Å². The van der Waals surface area contributed by atoms with E-state index in [0.29, 0.717) is 13.1 Å². The number of nitrogens with zero attached hydrogens (tertiary/aromatic N) is 1. The predicted molar refractivity (Wildman–Crippen MR) is 116 cm³/mol. The molecule has 1 aromatic carbocycles. The molecule has 0 radical (unpaired) electrons. The quantitative estimate of drug-likeness (QED) is 0.569. The molecule has 0 unspecified atom stereocenters. The van der Waals surface area contributed by atoms with Gasteiger partial charge in [-0.25, -0.2) is 0 Å². The van der Waals surface area contributed by atoms with Crippen LogP contribution in [0.3, 0.4) is 0 Å². The van der Waals surface area contributed by atoms with Crippen LogP contribution in [0.15, 0.2) is 29.1 Å². The van der Waals surface area contributed by atoms with Crippen LogP contribution in [0.2, 0.25) is 0 Å². The number of benzene rings is 1. The van der Waals surface area contributed by atoms with Crippen molar-refractivity contribution in [3.05, 3.63) is 49.4 Å².